The Morgan fingerprint density at radius 1 is 0.862 bits per heavy atom. The van der Waals surface area contributed by atoms with E-state index in [0.717, 1.165) is 25.0 Å². The number of anilines is 1. The van der Waals surface area contributed by atoms with Crippen LogP contribution in [0.15, 0.2) is 78.9 Å². The van der Waals surface area contributed by atoms with Crippen molar-refractivity contribution in [1.29, 1.82) is 0 Å². The number of aromatic nitrogens is 1. The van der Waals surface area contributed by atoms with Crippen molar-refractivity contribution in [3.63, 3.8) is 0 Å². The lowest BCUT2D eigenvalue weighted by Gasteiger charge is -2.13. The number of hydrogen-bond donors (Lipinski definition) is 1. The summed E-state index contributed by atoms with van der Waals surface area (Å²) in [6.07, 6.45) is 2.87. The summed E-state index contributed by atoms with van der Waals surface area (Å²) in [5.41, 5.74) is 6.64. The molecule has 29 heavy (non-hydrogen) atoms. The molecular weight excluding hydrogens is 376 g/mol. The Labute approximate surface area is 174 Å². The van der Waals surface area contributed by atoms with E-state index in [4.69, 9.17) is 4.98 Å². The lowest BCUT2D eigenvalue weighted by atomic mass is 9.94. The van der Waals surface area contributed by atoms with Gasteiger partial charge in [-0.25, -0.2) is 4.98 Å². The van der Waals surface area contributed by atoms with Crippen LogP contribution in [0.2, 0.25) is 0 Å². The summed E-state index contributed by atoms with van der Waals surface area (Å²) < 4.78 is 0. The van der Waals surface area contributed by atoms with Crippen LogP contribution in [-0.2, 0) is 19.3 Å². The third kappa shape index (κ3) is 3.71. The van der Waals surface area contributed by atoms with Gasteiger partial charge in [0.25, 0.3) is 5.91 Å². The largest absolute Gasteiger partial charge is 0.298 e. The number of carbonyl (C=O) groups excluding carboxylic acids is 1. The molecule has 0 bridgehead atoms. The minimum absolute atomic E-state index is 0.115. The molecule has 3 aromatic carbocycles. The van der Waals surface area contributed by atoms with Crippen LogP contribution < -0.4 is 5.32 Å². The zero-order valence-electron chi connectivity index (χ0n) is 15.9. The van der Waals surface area contributed by atoms with E-state index >= 15 is 0 Å². The average Bonchev–Trinajstić information content (AvgIpc) is 3.18. The number of fused-ring (bicyclic) bond motifs is 3. The predicted octanol–water partition coefficient (Wildman–Crippen LogP) is 5.75. The third-order valence-electron chi connectivity index (χ3n) is 5.28. The Morgan fingerprint density at radius 3 is 2.41 bits per heavy atom. The van der Waals surface area contributed by atoms with Crippen LogP contribution in [-0.4, -0.2) is 10.9 Å². The molecule has 1 aliphatic rings. The topological polar surface area (TPSA) is 42.0 Å². The van der Waals surface area contributed by atoms with Gasteiger partial charge in [-0.2, -0.15) is 0 Å². The maximum absolute atomic E-state index is 12.7. The Balaban J connectivity index is 1.31. The first-order chi connectivity index (χ1) is 14.3. The minimum Gasteiger partial charge on any atom is -0.298 e. The molecule has 4 heteroatoms. The number of nitrogens with zero attached hydrogens (tertiary/aromatic N) is 1. The first kappa shape index (κ1) is 17.8. The van der Waals surface area contributed by atoms with Gasteiger partial charge >= 0.3 is 0 Å². The number of amides is 1. The van der Waals surface area contributed by atoms with Gasteiger partial charge in [0.05, 0.1) is 5.69 Å². The predicted molar refractivity (Wildman–Crippen MR) is 119 cm³/mol. The first-order valence-corrected chi connectivity index (χ1v) is 10.6. The van der Waals surface area contributed by atoms with E-state index in [-0.39, 0.29) is 5.91 Å². The SMILES string of the molecule is O=C(Nc1nc2c(s1)CCc1ccccc1-2)c1ccc(Cc2ccccc2)cc1. The fraction of sp³-hybridized carbons (Fsp3) is 0.120. The van der Waals surface area contributed by atoms with Gasteiger partial charge < -0.3 is 0 Å². The molecule has 0 fully saturated rings. The van der Waals surface area contributed by atoms with Gasteiger partial charge in [-0.05, 0) is 48.1 Å². The van der Waals surface area contributed by atoms with Crippen LogP contribution in [0.1, 0.15) is 31.9 Å². The van der Waals surface area contributed by atoms with Crippen LogP contribution >= 0.6 is 11.3 Å². The molecule has 0 radical (unpaired) electrons. The number of rotatable bonds is 4. The molecule has 1 heterocycles. The van der Waals surface area contributed by atoms with Gasteiger partial charge in [0.15, 0.2) is 5.13 Å². The van der Waals surface area contributed by atoms with Crippen LogP contribution in [0.5, 0.6) is 0 Å². The molecular formula is C25H20N2OS. The highest BCUT2D eigenvalue weighted by atomic mass is 32.1. The summed E-state index contributed by atoms with van der Waals surface area (Å²) in [5, 5.41) is 3.66. The molecule has 0 spiro atoms. The van der Waals surface area contributed by atoms with Crippen molar-refractivity contribution in [3.05, 3.63) is 106 Å². The van der Waals surface area contributed by atoms with E-state index in [9.17, 15) is 4.79 Å². The number of thiazole rings is 1. The monoisotopic (exact) mass is 396 g/mol. The molecule has 0 atom stereocenters. The third-order valence-corrected chi connectivity index (χ3v) is 6.31. The highest BCUT2D eigenvalue weighted by Crippen LogP contribution is 2.38. The van der Waals surface area contributed by atoms with Crippen LogP contribution in [0.3, 0.4) is 0 Å². The first-order valence-electron chi connectivity index (χ1n) is 9.78. The van der Waals surface area contributed by atoms with E-state index in [0.29, 0.717) is 10.7 Å². The van der Waals surface area contributed by atoms with Crippen molar-refractivity contribution in [2.75, 3.05) is 5.32 Å². The van der Waals surface area contributed by atoms with E-state index in [1.807, 2.05) is 48.5 Å². The molecule has 1 aromatic heterocycles. The highest BCUT2D eigenvalue weighted by molar-refractivity contribution is 7.16. The van der Waals surface area contributed by atoms with Gasteiger partial charge in [0.2, 0.25) is 0 Å². The second kappa shape index (κ2) is 7.64. The molecule has 4 aromatic rings. The molecule has 1 aliphatic carbocycles. The summed E-state index contributed by atoms with van der Waals surface area (Å²) in [7, 11) is 0. The molecule has 0 aliphatic heterocycles. The smallest absolute Gasteiger partial charge is 0.257 e. The van der Waals surface area contributed by atoms with Crippen molar-refractivity contribution in [2.24, 2.45) is 0 Å². The molecule has 5 rings (SSSR count). The number of benzene rings is 3. The average molecular weight is 397 g/mol. The van der Waals surface area contributed by atoms with Crippen molar-refractivity contribution in [1.82, 2.24) is 4.98 Å². The van der Waals surface area contributed by atoms with Gasteiger partial charge in [-0.1, -0.05) is 66.7 Å². The standard InChI is InChI=1S/C25H20N2OS/c28-24(20-12-10-18(11-13-20)16-17-6-2-1-3-7-17)27-25-26-23-21-9-5-4-8-19(21)14-15-22(23)29-25/h1-13H,14-16H2,(H,26,27,28). The fourth-order valence-electron chi connectivity index (χ4n) is 3.78. The second-order valence-corrected chi connectivity index (χ2v) is 8.34. The summed E-state index contributed by atoms with van der Waals surface area (Å²) in [4.78, 5) is 18.7. The van der Waals surface area contributed by atoms with Gasteiger partial charge in [-0.15, -0.1) is 11.3 Å². The lowest BCUT2D eigenvalue weighted by Crippen LogP contribution is -2.11. The van der Waals surface area contributed by atoms with Gasteiger partial charge in [0, 0.05) is 16.0 Å². The van der Waals surface area contributed by atoms with E-state index in [2.05, 4.69) is 35.6 Å². The molecule has 3 nitrogen and oxygen atoms in total. The zero-order valence-corrected chi connectivity index (χ0v) is 16.7. The number of hydrogen-bond acceptors (Lipinski definition) is 3. The quantitative estimate of drug-likeness (QED) is 0.477. The maximum Gasteiger partial charge on any atom is 0.257 e. The molecule has 1 N–H and O–H groups in total. The Kier molecular flexibility index (Phi) is 4.70. The summed E-state index contributed by atoms with van der Waals surface area (Å²) in [6.45, 7) is 0. The van der Waals surface area contributed by atoms with Crippen molar-refractivity contribution in [2.45, 2.75) is 19.3 Å². The zero-order chi connectivity index (χ0) is 19.6. The molecule has 1 amide bonds. The summed E-state index contributed by atoms with van der Waals surface area (Å²) in [6, 6.07) is 26.5. The minimum atomic E-state index is -0.115. The van der Waals surface area contributed by atoms with Gasteiger partial charge in [0.1, 0.15) is 0 Å². The normalized spacial score (nSPS) is 12.1. The number of carbonyl (C=O) groups is 1. The van der Waals surface area contributed by atoms with Crippen molar-refractivity contribution >= 4 is 22.4 Å². The molecule has 0 saturated heterocycles. The van der Waals surface area contributed by atoms with Crippen molar-refractivity contribution < 1.29 is 4.79 Å². The number of nitrogens with one attached hydrogen (secondary N) is 1. The Morgan fingerprint density at radius 2 is 1.59 bits per heavy atom. The molecule has 0 saturated carbocycles. The van der Waals surface area contributed by atoms with E-state index in [1.54, 1.807) is 11.3 Å². The van der Waals surface area contributed by atoms with Crippen LogP contribution in [0.4, 0.5) is 5.13 Å². The van der Waals surface area contributed by atoms with Crippen molar-refractivity contribution in [3.8, 4) is 11.3 Å². The van der Waals surface area contributed by atoms with Gasteiger partial charge in [-0.3, -0.25) is 10.1 Å². The summed E-state index contributed by atoms with van der Waals surface area (Å²) >= 11 is 1.58. The van der Waals surface area contributed by atoms with Crippen LogP contribution in [0, 0.1) is 0 Å². The van der Waals surface area contributed by atoms with E-state index in [1.165, 1.54) is 27.1 Å². The Hall–Kier alpha value is -3.24. The number of aryl methyl sites for hydroxylation is 2. The molecule has 142 valence electrons. The molecule has 0 unspecified atom stereocenters. The Bertz CT molecular complexity index is 1160. The van der Waals surface area contributed by atoms with E-state index < -0.39 is 0 Å². The fourth-order valence-corrected chi connectivity index (χ4v) is 4.75. The maximum atomic E-state index is 12.7. The lowest BCUT2D eigenvalue weighted by molar-refractivity contribution is 0.102. The second-order valence-electron chi connectivity index (χ2n) is 7.26. The summed E-state index contributed by atoms with van der Waals surface area (Å²) in [5.74, 6) is -0.115. The highest BCUT2D eigenvalue weighted by Gasteiger charge is 2.21. The van der Waals surface area contributed by atoms with Crippen LogP contribution in [0.25, 0.3) is 11.3 Å².